The number of nitrogens with zero attached hydrogens (tertiary/aromatic N) is 2. The van der Waals surface area contributed by atoms with Gasteiger partial charge in [-0.15, -0.1) is 0 Å². The third-order valence-corrected chi connectivity index (χ3v) is 5.74. The first kappa shape index (κ1) is 20.7. The maximum absolute atomic E-state index is 12.2. The lowest BCUT2D eigenvalue weighted by Gasteiger charge is -2.26. The number of rotatable bonds is 5. The SMILES string of the molecule is Cc1cccc(NC(=O)Nc2ccc(-c3ccn(C4CCC(C(=O)O)CC4)n3)cc2)c1. The molecule has 1 fully saturated rings. The van der Waals surface area contributed by atoms with Crippen molar-refractivity contribution < 1.29 is 14.7 Å². The summed E-state index contributed by atoms with van der Waals surface area (Å²) in [6.07, 6.45) is 5.01. The Bertz CT molecular complexity index is 1070. The Balaban J connectivity index is 1.35. The monoisotopic (exact) mass is 418 g/mol. The number of hydrogen-bond donors (Lipinski definition) is 3. The van der Waals surface area contributed by atoms with E-state index in [0.29, 0.717) is 18.5 Å². The zero-order valence-corrected chi connectivity index (χ0v) is 17.4. The van der Waals surface area contributed by atoms with E-state index >= 15 is 0 Å². The van der Waals surface area contributed by atoms with Crippen molar-refractivity contribution in [3.8, 4) is 11.3 Å². The van der Waals surface area contributed by atoms with E-state index in [0.717, 1.165) is 35.3 Å². The van der Waals surface area contributed by atoms with E-state index in [1.165, 1.54) is 0 Å². The number of aryl methyl sites for hydroxylation is 1. The van der Waals surface area contributed by atoms with Crippen LogP contribution in [0, 0.1) is 12.8 Å². The summed E-state index contributed by atoms with van der Waals surface area (Å²) in [6, 6.07) is 17.1. The van der Waals surface area contributed by atoms with Crippen molar-refractivity contribution in [1.82, 2.24) is 9.78 Å². The molecule has 1 heterocycles. The minimum absolute atomic E-state index is 0.227. The van der Waals surface area contributed by atoms with Gasteiger partial charge in [-0.1, -0.05) is 24.3 Å². The van der Waals surface area contributed by atoms with Crippen LogP contribution in [0.1, 0.15) is 37.3 Å². The molecule has 1 saturated carbocycles. The predicted octanol–water partition coefficient (Wildman–Crippen LogP) is 5.32. The van der Waals surface area contributed by atoms with Crippen LogP contribution in [-0.4, -0.2) is 26.9 Å². The average molecular weight is 418 g/mol. The van der Waals surface area contributed by atoms with E-state index in [2.05, 4.69) is 10.6 Å². The highest BCUT2D eigenvalue weighted by atomic mass is 16.4. The molecule has 2 aromatic carbocycles. The molecule has 0 unspecified atom stereocenters. The van der Waals surface area contributed by atoms with Crippen LogP contribution in [0.5, 0.6) is 0 Å². The van der Waals surface area contributed by atoms with Crippen LogP contribution in [0.4, 0.5) is 16.2 Å². The maximum atomic E-state index is 12.2. The smallest absolute Gasteiger partial charge is 0.323 e. The van der Waals surface area contributed by atoms with Gasteiger partial charge in [0.25, 0.3) is 0 Å². The standard InChI is InChI=1S/C24H26N4O3/c1-16-3-2-4-20(15-16)26-24(31)25-19-9-5-17(6-10-19)22-13-14-28(27-22)21-11-7-18(8-12-21)23(29)30/h2-6,9-10,13-15,18,21H,7-8,11-12H2,1H3,(H,29,30)(H2,25,26,31). The van der Waals surface area contributed by atoms with Crippen LogP contribution >= 0.6 is 0 Å². The molecule has 0 spiro atoms. The van der Waals surface area contributed by atoms with Crippen molar-refractivity contribution in [2.45, 2.75) is 38.6 Å². The summed E-state index contributed by atoms with van der Waals surface area (Å²) in [7, 11) is 0. The summed E-state index contributed by atoms with van der Waals surface area (Å²) in [6.45, 7) is 1.98. The summed E-state index contributed by atoms with van der Waals surface area (Å²) in [5.41, 5.74) is 4.34. The Morgan fingerprint density at radius 3 is 2.35 bits per heavy atom. The molecule has 3 N–H and O–H groups in total. The Hall–Kier alpha value is -3.61. The summed E-state index contributed by atoms with van der Waals surface area (Å²) in [5.74, 6) is -0.921. The second-order valence-electron chi connectivity index (χ2n) is 8.05. The van der Waals surface area contributed by atoms with Crippen molar-refractivity contribution >= 4 is 23.4 Å². The van der Waals surface area contributed by atoms with Gasteiger partial charge in [0, 0.05) is 23.1 Å². The van der Waals surface area contributed by atoms with E-state index in [-0.39, 0.29) is 18.0 Å². The third-order valence-electron chi connectivity index (χ3n) is 5.74. The summed E-state index contributed by atoms with van der Waals surface area (Å²) in [4.78, 5) is 23.4. The van der Waals surface area contributed by atoms with E-state index in [4.69, 9.17) is 10.2 Å². The number of aromatic nitrogens is 2. The molecule has 160 valence electrons. The summed E-state index contributed by atoms with van der Waals surface area (Å²) >= 11 is 0. The average Bonchev–Trinajstić information content (AvgIpc) is 3.24. The van der Waals surface area contributed by atoms with Gasteiger partial charge in [-0.05, 0) is 68.5 Å². The molecule has 1 aliphatic carbocycles. The number of carboxylic acid groups (broad SMARTS) is 1. The van der Waals surface area contributed by atoms with E-state index in [1.807, 2.05) is 72.4 Å². The largest absolute Gasteiger partial charge is 0.481 e. The molecular formula is C24H26N4O3. The Labute approximate surface area is 181 Å². The molecule has 0 bridgehead atoms. The number of amides is 2. The zero-order chi connectivity index (χ0) is 21.8. The van der Waals surface area contributed by atoms with Crippen LogP contribution in [0.15, 0.2) is 60.8 Å². The Kier molecular flexibility index (Phi) is 6.02. The fourth-order valence-corrected chi connectivity index (χ4v) is 4.02. The molecule has 1 aromatic heterocycles. The lowest BCUT2D eigenvalue weighted by Crippen LogP contribution is -2.23. The second kappa shape index (κ2) is 9.04. The number of nitrogens with one attached hydrogen (secondary N) is 2. The molecule has 2 amide bonds. The number of anilines is 2. The molecule has 31 heavy (non-hydrogen) atoms. The number of carbonyl (C=O) groups is 2. The molecule has 1 aliphatic rings. The first-order valence-corrected chi connectivity index (χ1v) is 10.5. The number of carbonyl (C=O) groups excluding carboxylic acids is 1. The topological polar surface area (TPSA) is 96.2 Å². The highest BCUT2D eigenvalue weighted by Gasteiger charge is 2.27. The van der Waals surface area contributed by atoms with Crippen molar-refractivity contribution in [1.29, 1.82) is 0 Å². The molecule has 4 rings (SSSR count). The highest BCUT2D eigenvalue weighted by Crippen LogP contribution is 2.32. The van der Waals surface area contributed by atoms with Gasteiger partial charge >= 0.3 is 12.0 Å². The minimum Gasteiger partial charge on any atom is -0.481 e. The third kappa shape index (κ3) is 5.12. The number of benzene rings is 2. The molecule has 7 nitrogen and oxygen atoms in total. The van der Waals surface area contributed by atoms with E-state index < -0.39 is 5.97 Å². The molecule has 0 aliphatic heterocycles. The van der Waals surface area contributed by atoms with E-state index in [1.54, 1.807) is 0 Å². The minimum atomic E-state index is -0.694. The maximum Gasteiger partial charge on any atom is 0.323 e. The number of hydrogen-bond acceptors (Lipinski definition) is 3. The molecule has 0 saturated heterocycles. The van der Waals surface area contributed by atoms with Gasteiger partial charge in [0.15, 0.2) is 0 Å². The van der Waals surface area contributed by atoms with Gasteiger partial charge in [0.1, 0.15) is 0 Å². The molecule has 7 heteroatoms. The van der Waals surface area contributed by atoms with Crippen molar-refractivity contribution in [3.05, 3.63) is 66.4 Å². The Morgan fingerprint density at radius 1 is 0.968 bits per heavy atom. The molecule has 0 radical (unpaired) electrons. The first-order chi connectivity index (χ1) is 15.0. The van der Waals surface area contributed by atoms with Gasteiger partial charge < -0.3 is 15.7 Å². The molecular weight excluding hydrogens is 392 g/mol. The van der Waals surface area contributed by atoms with Gasteiger partial charge in [-0.3, -0.25) is 9.48 Å². The fraction of sp³-hybridized carbons (Fsp3) is 0.292. The first-order valence-electron chi connectivity index (χ1n) is 10.5. The number of aliphatic carboxylic acids is 1. The molecule has 0 atom stereocenters. The van der Waals surface area contributed by atoms with Gasteiger partial charge in [0.05, 0.1) is 17.7 Å². The fourth-order valence-electron chi connectivity index (χ4n) is 4.02. The van der Waals surface area contributed by atoms with Crippen molar-refractivity contribution in [2.24, 2.45) is 5.92 Å². The van der Waals surface area contributed by atoms with Crippen molar-refractivity contribution in [2.75, 3.05) is 10.6 Å². The quantitative estimate of drug-likeness (QED) is 0.522. The van der Waals surface area contributed by atoms with Crippen LogP contribution in [-0.2, 0) is 4.79 Å². The highest BCUT2D eigenvalue weighted by molar-refractivity contribution is 5.99. The normalized spacial score (nSPS) is 18.4. The Morgan fingerprint density at radius 2 is 1.68 bits per heavy atom. The number of urea groups is 1. The lowest BCUT2D eigenvalue weighted by molar-refractivity contribution is -0.143. The van der Waals surface area contributed by atoms with Crippen LogP contribution in [0.25, 0.3) is 11.3 Å². The van der Waals surface area contributed by atoms with E-state index in [9.17, 15) is 9.59 Å². The lowest BCUT2D eigenvalue weighted by atomic mass is 9.86. The van der Waals surface area contributed by atoms with Gasteiger partial charge in [-0.2, -0.15) is 5.10 Å². The predicted molar refractivity (Wildman–Crippen MR) is 120 cm³/mol. The van der Waals surface area contributed by atoms with Crippen LogP contribution < -0.4 is 10.6 Å². The number of carboxylic acids is 1. The van der Waals surface area contributed by atoms with Crippen LogP contribution in [0.2, 0.25) is 0 Å². The van der Waals surface area contributed by atoms with Gasteiger partial charge in [0.2, 0.25) is 0 Å². The summed E-state index contributed by atoms with van der Waals surface area (Å²) < 4.78 is 1.95. The van der Waals surface area contributed by atoms with Crippen molar-refractivity contribution in [3.63, 3.8) is 0 Å². The molecule has 3 aromatic rings. The zero-order valence-electron chi connectivity index (χ0n) is 17.4. The second-order valence-corrected chi connectivity index (χ2v) is 8.05. The van der Waals surface area contributed by atoms with Crippen LogP contribution in [0.3, 0.4) is 0 Å². The van der Waals surface area contributed by atoms with Gasteiger partial charge in [-0.25, -0.2) is 4.79 Å². The summed E-state index contributed by atoms with van der Waals surface area (Å²) in [5, 5.41) is 19.5.